The predicted molar refractivity (Wildman–Crippen MR) is 98.4 cm³/mol. The number of halogens is 2. The molecule has 1 amide bonds. The number of nitrogens with zero attached hydrogens (tertiary/aromatic N) is 2. The molecule has 0 aliphatic rings. The number of nitro groups is 1. The normalized spacial score (nSPS) is 10.4. The van der Waals surface area contributed by atoms with Crippen molar-refractivity contribution in [1.29, 1.82) is 0 Å². The zero-order valence-electron chi connectivity index (χ0n) is 14.7. The summed E-state index contributed by atoms with van der Waals surface area (Å²) in [6, 6.07) is 10.8. The van der Waals surface area contributed by atoms with E-state index < -0.39 is 28.0 Å². The van der Waals surface area contributed by atoms with E-state index in [4.69, 9.17) is 4.84 Å². The van der Waals surface area contributed by atoms with E-state index in [1.807, 2.05) is 0 Å². The van der Waals surface area contributed by atoms with Gasteiger partial charge in [-0.25, -0.2) is 8.78 Å². The second-order valence-electron chi connectivity index (χ2n) is 5.83. The molecule has 148 valence electrons. The molecule has 1 N–H and O–H groups in total. The summed E-state index contributed by atoms with van der Waals surface area (Å²) in [5.41, 5.74) is -1.14. The van der Waals surface area contributed by atoms with E-state index in [0.29, 0.717) is 11.6 Å². The molecule has 0 aliphatic heterocycles. The molecule has 0 radical (unpaired) electrons. The number of nitro benzene ring substituents is 1. The monoisotopic (exact) mass is 401 g/mol. The number of benzene rings is 2. The highest BCUT2D eigenvalue weighted by atomic mass is 19.1. The van der Waals surface area contributed by atoms with Crippen molar-refractivity contribution in [3.05, 3.63) is 104 Å². The standard InChI is InChI=1S/C19H13F2N3O5/c20-13-6-7-17(16(21)10-13)22-18(25)15-5-2-8-23(19(15)26)29-11-12-3-1-4-14(9-12)24(27)28/h1-10H,11H2,(H,22,25). The first-order chi connectivity index (χ1) is 13.8. The Morgan fingerprint density at radius 2 is 1.93 bits per heavy atom. The average Bonchev–Trinajstić information content (AvgIpc) is 2.69. The zero-order chi connectivity index (χ0) is 21.0. The third-order valence-electron chi connectivity index (χ3n) is 3.83. The van der Waals surface area contributed by atoms with Crippen molar-refractivity contribution < 1.29 is 23.3 Å². The molecule has 0 atom stereocenters. The number of hydrogen-bond donors (Lipinski definition) is 1. The Labute approximate surface area is 162 Å². The number of nitrogens with one attached hydrogen (secondary N) is 1. The largest absolute Gasteiger partial charge is 0.406 e. The summed E-state index contributed by atoms with van der Waals surface area (Å²) in [5.74, 6) is -2.71. The number of anilines is 1. The highest BCUT2D eigenvalue weighted by Crippen LogP contribution is 2.16. The number of rotatable bonds is 6. The molecule has 0 saturated heterocycles. The quantitative estimate of drug-likeness (QED) is 0.505. The van der Waals surface area contributed by atoms with Gasteiger partial charge in [0, 0.05) is 24.4 Å². The minimum Gasteiger partial charge on any atom is -0.406 e. The Morgan fingerprint density at radius 1 is 1.14 bits per heavy atom. The van der Waals surface area contributed by atoms with E-state index in [-0.39, 0.29) is 23.5 Å². The minimum atomic E-state index is -0.989. The molecule has 3 aromatic rings. The van der Waals surface area contributed by atoms with E-state index in [2.05, 4.69) is 5.32 Å². The summed E-state index contributed by atoms with van der Waals surface area (Å²) in [6.45, 7) is -0.167. The highest BCUT2D eigenvalue weighted by molar-refractivity contribution is 6.04. The maximum Gasteiger partial charge on any atom is 0.295 e. The molecule has 0 unspecified atom stereocenters. The van der Waals surface area contributed by atoms with Crippen molar-refractivity contribution in [2.75, 3.05) is 5.32 Å². The third-order valence-corrected chi connectivity index (χ3v) is 3.83. The second kappa shape index (κ2) is 8.30. The molecule has 10 heteroatoms. The second-order valence-corrected chi connectivity index (χ2v) is 5.83. The summed E-state index contributed by atoms with van der Waals surface area (Å²) in [7, 11) is 0. The van der Waals surface area contributed by atoms with Crippen LogP contribution in [-0.4, -0.2) is 15.6 Å². The first kappa shape index (κ1) is 19.7. The predicted octanol–water partition coefficient (Wildman–Crippen LogP) is 2.92. The molecule has 0 spiro atoms. The van der Waals surface area contributed by atoms with Crippen LogP contribution in [0.15, 0.2) is 65.6 Å². The molecule has 0 saturated carbocycles. The van der Waals surface area contributed by atoms with Crippen LogP contribution in [0, 0.1) is 21.7 Å². The van der Waals surface area contributed by atoms with Crippen LogP contribution in [0.1, 0.15) is 15.9 Å². The van der Waals surface area contributed by atoms with Gasteiger partial charge in [-0.2, -0.15) is 4.73 Å². The van der Waals surface area contributed by atoms with Crippen molar-refractivity contribution in [2.45, 2.75) is 6.61 Å². The van der Waals surface area contributed by atoms with Gasteiger partial charge in [-0.1, -0.05) is 12.1 Å². The fourth-order valence-corrected chi connectivity index (χ4v) is 2.43. The Balaban J connectivity index is 1.77. The molecule has 0 aliphatic carbocycles. The zero-order valence-corrected chi connectivity index (χ0v) is 14.7. The summed E-state index contributed by atoms with van der Waals surface area (Å²) >= 11 is 0. The molecule has 0 bridgehead atoms. The molecule has 1 heterocycles. The van der Waals surface area contributed by atoms with Gasteiger partial charge < -0.3 is 10.2 Å². The number of carbonyl (C=O) groups is 1. The van der Waals surface area contributed by atoms with Crippen LogP contribution in [0.25, 0.3) is 0 Å². The number of carbonyl (C=O) groups excluding carboxylic acids is 1. The Bertz CT molecular complexity index is 1150. The molecule has 2 aromatic carbocycles. The van der Waals surface area contributed by atoms with Gasteiger partial charge in [-0.3, -0.25) is 19.7 Å². The van der Waals surface area contributed by atoms with Crippen LogP contribution in [-0.2, 0) is 6.61 Å². The summed E-state index contributed by atoms with van der Waals surface area (Å²) in [6.07, 6.45) is 1.26. The number of aromatic nitrogens is 1. The molecule has 0 fully saturated rings. The summed E-state index contributed by atoms with van der Waals surface area (Å²) in [4.78, 5) is 40.3. The van der Waals surface area contributed by atoms with E-state index in [1.165, 1.54) is 36.5 Å². The van der Waals surface area contributed by atoms with Gasteiger partial charge in [-0.05, 0) is 29.8 Å². The van der Waals surface area contributed by atoms with Crippen molar-refractivity contribution >= 4 is 17.3 Å². The molecule has 1 aromatic heterocycles. The lowest BCUT2D eigenvalue weighted by molar-refractivity contribution is -0.384. The molecule has 3 rings (SSSR count). The van der Waals surface area contributed by atoms with Crippen LogP contribution in [0.3, 0.4) is 0 Å². The maximum absolute atomic E-state index is 13.7. The number of amides is 1. The van der Waals surface area contributed by atoms with Gasteiger partial charge in [0.2, 0.25) is 0 Å². The van der Waals surface area contributed by atoms with Crippen LogP contribution < -0.4 is 15.7 Å². The van der Waals surface area contributed by atoms with Crippen LogP contribution in [0.2, 0.25) is 0 Å². The Kier molecular flexibility index (Phi) is 5.63. The molecular weight excluding hydrogens is 388 g/mol. The minimum absolute atomic E-state index is 0.132. The van der Waals surface area contributed by atoms with Gasteiger partial charge >= 0.3 is 0 Å². The fraction of sp³-hybridized carbons (Fsp3) is 0.0526. The van der Waals surface area contributed by atoms with Crippen LogP contribution in [0.5, 0.6) is 0 Å². The SMILES string of the molecule is O=C(Nc1ccc(F)cc1F)c1cccn(OCc2cccc([N+](=O)[O-])c2)c1=O. The van der Waals surface area contributed by atoms with E-state index in [1.54, 1.807) is 6.07 Å². The van der Waals surface area contributed by atoms with Gasteiger partial charge in [0.25, 0.3) is 17.2 Å². The smallest absolute Gasteiger partial charge is 0.295 e. The lowest BCUT2D eigenvalue weighted by Crippen LogP contribution is -2.32. The number of pyridine rings is 1. The van der Waals surface area contributed by atoms with Crippen molar-refractivity contribution in [3.63, 3.8) is 0 Å². The van der Waals surface area contributed by atoms with Crippen molar-refractivity contribution in [3.8, 4) is 0 Å². The third kappa shape index (κ3) is 4.61. The Hall–Kier alpha value is -4.08. The lowest BCUT2D eigenvalue weighted by atomic mass is 10.2. The molecule has 8 nitrogen and oxygen atoms in total. The fourth-order valence-electron chi connectivity index (χ4n) is 2.43. The highest BCUT2D eigenvalue weighted by Gasteiger charge is 2.15. The van der Waals surface area contributed by atoms with Crippen molar-refractivity contribution in [2.24, 2.45) is 0 Å². The van der Waals surface area contributed by atoms with E-state index in [0.717, 1.165) is 16.9 Å². The van der Waals surface area contributed by atoms with Crippen molar-refractivity contribution in [1.82, 2.24) is 4.73 Å². The Morgan fingerprint density at radius 3 is 2.66 bits per heavy atom. The van der Waals surface area contributed by atoms with Gasteiger partial charge in [0.05, 0.1) is 10.6 Å². The number of hydrogen-bond acceptors (Lipinski definition) is 5. The summed E-state index contributed by atoms with van der Waals surface area (Å²) < 4.78 is 27.4. The maximum atomic E-state index is 13.7. The van der Waals surface area contributed by atoms with Crippen LogP contribution in [0.4, 0.5) is 20.2 Å². The first-order valence-electron chi connectivity index (χ1n) is 8.20. The van der Waals surface area contributed by atoms with E-state index >= 15 is 0 Å². The van der Waals surface area contributed by atoms with E-state index in [9.17, 15) is 28.5 Å². The first-order valence-corrected chi connectivity index (χ1v) is 8.20. The molecule has 29 heavy (non-hydrogen) atoms. The lowest BCUT2D eigenvalue weighted by Gasteiger charge is -2.10. The van der Waals surface area contributed by atoms with Gasteiger partial charge in [-0.15, -0.1) is 0 Å². The van der Waals surface area contributed by atoms with Crippen LogP contribution >= 0.6 is 0 Å². The number of non-ortho nitro benzene ring substituents is 1. The average molecular weight is 401 g/mol. The summed E-state index contributed by atoms with van der Waals surface area (Å²) in [5, 5.41) is 13.0. The topological polar surface area (TPSA) is 103 Å². The van der Waals surface area contributed by atoms with Gasteiger partial charge in [0.15, 0.2) is 0 Å². The van der Waals surface area contributed by atoms with Gasteiger partial charge in [0.1, 0.15) is 23.8 Å². The molecular formula is C19H13F2N3O5.